The van der Waals surface area contributed by atoms with Crippen molar-refractivity contribution in [2.45, 2.75) is 31.8 Å². The number of carbonyl (C=O) groups excluding carboxylic acids is 2. The fourth-order valence-corrected chi connectivity index (χ4v) is 3.58. The molecule has 0 aromatic heterocycles. The average Bonchev–Trinajstić information content (AvgIpc) is 3.56. The van der Waals surface area contributed by atoms with Crippen molar-refractivity contribution >= 4 is 17.5 Å². The van der Waals surface area contributed by atoms with Gasteiger partial charge in [0.25, 0.3) is 0 Å². The zero-order chi connectivity index (χ0) is 21.7. The van der Waals surface area contributed by atoms with Gasteiger partial charge in [-0.1, -0.05) is 0 Å². The van der Waals surface area contributed by atoms with Crippen molar-refractivity contribution in [2.75, 3.05) is 59.4 Å². The maximum Gasteiger partial charge on any atom is 0.238 e. The molecule has 2 amide bonds. The summed E-state index contributed by atoms with van der Waals surface area (Å²) < 4.78 is 16.0. The van der Waals surface area contributed by atoms with Gasteiger partial charge in [-0.2, -0.15) is 0 Å². The number of methoxy groups -OCH3 is 3. The largest absolute Gasteiger partial charge is 0.493 e. The van der Waals surface area contributed by atoms with Crippen molar-refractivity contribution in [1.29, 1.82) is 0 Å². The number of anilines is 1. The molecule has 2 N–H and O–H groups in total. The summed E-state index contributed by atoms with van der Waals surface area (Å²) in [5.41, 5.74) is 0.582. The molecule has 30 heavy (non-hydrogen) atoms. The van der Waals surface area contributed by atoms with Crippen LogP contribution < -0.4 is 24.8 Å². The third kappa shape index (κ3) is 5.54. The van der Waals surface area contributed by atoms with Crippen LogP contribution in [0.1, 0.15) is 19.8 Å². The van der Waals surface area contributed by atoms with Gasteiger partial charge >= 0.3 is 0 Å². The van der Waals surface area contributed by atoms with E-state index in [1.54, 1.807) is 12.1 Å². The number of amides is 2. The Hall–Kier alpha value is -2.52. The molecule has 9 nitrogen and oxygen atoms in total. The quantitative estimate of drug-likeness (QED) is 0.614. The minimum atomic E-state index is -0.138. The van der Waals surface area contributed by atoms with E-state index in [-0.39, 0.29) is 24.4 Å². The molecule has 9 heteroatoms. The van der Waals surface area contributed by atoms with Crippen LogP contribution in [0.25, 0.3) is 0 Å². The van der Waals surface area contributed by atoms with Gasteiger partial charge in [-0.3, -0.25) is 19.4 Å². The lowest BCUT2D eigenvalue weighted by molar-refractivity contribution is -0.127. The number of hydrogen-bond acceptors (Lipinski definition) is 7. The Morgan fingerprint density at radius 1 is 1.03 bits per heavy atom. The summed E-state index contributed by atoms with van der Waals surface area (Å²) in [4.78, 5) is 29.1. The van der Waals surface area contributed by atoms with Gasteiger partial charge in [0, 0.05) is 50.0 Å². The normalized spacial score (nSPS) is 18.4. The lowest BCUT2D eigenvalue weighted by Crippen LogP contribution is -2.55. The molecule has 1 saturated heterocycles. The molecular formula is C21H32N4O5. The molecule has 1 atom stereocenters. The lowest BCUT2D eigenvalue weighted by atomic mass is 10.2. The summed E-state index contributed by atoms with van der Waals surface area (Å²) in [6, 6.07) is 3.65. The summed E-state index contributed by atoms with van der Waals surface area (Å²) in [6.45, 7) is 5.23. The van der Waals surface area contributed by atoms with Crippen LogP contribution in [0.15, 0.2) is 12.1 Å². The topological polar surface area (TPSA) is 92.4 Å². The molecule has 0 spiro atoms. The highest BCUT2D eigenvalue weighted by atomic mass is 16.5. The number of ether oxygens (including phenoxy) is 3. The van der Waals surface area contributed by atoms with Crippen LogP contribution in [-0.4, -0.2) is 87.8 Å². The van der Waals surface area contributed by atoms with Gasteiger partial charge in [0.15, 0.2) is 11.5 Å². The highest BCUT2D eigenvalue weighted by Gasteiger charge is 2.30. The van der Waals surface area contributed by atoms with E-state index >= 15 is 0 Å². The predicted octanol–water partition coefficient (Wildman–Crippen LogP) is 0.936. The predicted molar refractivity (Wildman–Crippen MR) is 113 cm³/mol. The number of rotatable bonds is 9. The first-order valence-electron chi connectivity index (χ1n) is 10.3. The molecule has 0 radical (unpaired) electrons. The van der Waals surface area contributed by atoms with Gasteiger partial charge in [0.05, 0.1) is 33.9 Å². The van der Waals surface area contributed by atoms with E-state index < -0.39 is 0 Å². The number of nitrogens with one attached hydrogen (secondary N) is 2. The minimum Gasteiger partial charge on any atom is -0.493 e. The fraction of sp³-hybridized carbons (Fsp3) is 0.619. The zero-order valence-electron chi connectivity index (χ0n) is 18.2. The van der Waals surface area contributed by atoms with E-state index in [1.807, 2.05) is 6.92 Å². The van der Waals surface area contributed by atoms with E-state index in [4.69, 9.17) is 14.2 Å². The van der Waals surface area contributed by atoms with E-state index in [9.17, 15) is 9.59 Å². The average molecular weight is 421 g/mol. The summed E-state index contributed by atoms with van der Waals surface area (Å²) in [7, 11) is 4.61. The third-order valence-electron chi connectivity index (χ3n) is 5.57. The molecule has 2 aliphatic rings. The van der Waals surface area contributed by atoms with Gasteiger partial charge in [-0.15, -0.1) is 0 Å². The van der Waals surface area contributed by atoms with Crippen molar-refractivity contribution in [3.05, 3.63) is 12.1 Å². The Morgan fingerprint density at radius 3 is 2.13 bits per heavy atom. The molecule has 1 aromatic rings. The second-order valence-electron chi connectivity index (χ2n) is 7.73. The standard InChI is InChI=1S/C21H32N4O5/c1-14(21(27)23-15-5-6-15)25-9-7-24(8-10-25)13-19(26)22-16-11-17(28-2)20(30-4)18(12-16)29-3/h11-12,14-15H,5-10,13H2,1-4H3,(H,22,26)(H,23,27)/t14-/m0/s1. The Morgan fingerprint density at radius 2 is 1.63 bits per heavy atom. The summed E-state index contributed by atoms with van der Waals surface area (Å²) in [5, 5.41) is 5.96. The van der Waals surface area contributed by atoms with Crippen LogP contribution in [-0.2, 0) is 9.59 Å². The van der Waals surface area contributed by atoms with Gasteiger partial charge in [-0.25, -0.2) is 0 Å². The van der Waals surface area contributed by atoms with Crippen molar-refractivity contribution in [2.24, 2.45) is 0 Å². The monoisotopic (exact) mass is 420 g/mol. The maximum atomic E-state index is 12.5. The van der Waals surface area contributed by atoms with Crippen LogP contribution >= 0.6 is 0 Å². The maximum absolute atomic E-state index is 12.5. The zero-order valence-corrected chi connectivity index (χ0v) is 18.2. The number of piperazine rings is 1. The molecule has 1 aliphatic carbocycles. The highest BCUT2D eigenvalue weighted by molar-refractivity contribution is 5.93. The fourth-order valence-electron chi connectivity index (χ4n) is 3.58. The molecule has 1 saturated carbocycles. The smallest absolute Gasteiger partial charge is 0.238 e. The summed E-state index contributed by atoms with van der Waals surface area (Å²) in [6.07, 6.45) is 2.18. The van der Waals surface area contributed by atoms with E-state index in [2.05, 4.69) is 20.4 Å². The molecule has 1 aliphatic heterocycles. The summed E-state index contributed by atoms with van der Waals surface area (Å²) in [5.74, 6) is 1.44. The lowest BCUT2D eigenvalue weighted by Gasteiger charge is -2.37. The first-order valence-corrected chi connectivity index (χ1v) is 10.3. The second kappa shape index (κ2) is 9.99. The van der Waals surface area contributed by atoms with Gasteiger partial charge < -0.3 is 24.8 Å². The number of hydrogen-bond donors (Lipinski definition) is 2. The van der Waals surface area contributed by atoms with Crippen molar-refractivity contribution in [1.82, 2.24) is 15.1 Å². The SMILES string of the molecule is COc1cc(NC(=O)CN2CCN([C@@H](C)C(=O)NC3CC3)CC2)cc(OC)c1OC. The highest BCUT2D eigenvalue weighted by Crippen LogP contribution is 2.39. The molecule has 166 valence electrons. The molecule has 1 heterocycles. The molecule has 0 unspecified atom stereocenters. The Labute approximate surface area is 177 Å². The van der Waals surface area contributed by atoms with Crippen molar-refractivity contribution in [3.63, 3.8) is 0 Å². The summed E-state index contributed by atoms with van der Waals surface area (Å²) >= 11 is 0. The van der Waals surface area contributed by atoms with Crippen LogP contribution in [0.5, 0.6) is 17.2 Å². The Kier molecular flexibility index (Phi) is 7.38. The van der Waals surface area contributed by atoms with Crippen molar-refractivity contribution < 1.29 is 23.8 Å². The number of carbonyl (C=O) groups is 2. The van der Waals surface area contributed by atoms with Gasteiger partial charge in [-0.05, 0) is 19.8 Å². The number of benzene rings is 1. The van der Waals surface area contributed by atoms with Crippen LogP contribution in [0.3, 0.4) is 0 Å². The molecular weight excluding hydrogens is 388 g/mol. The second-order valence-corrected chi connectivity index (χ2v) is 7.73. The van der Waals surface area contributed by atoms with Gasteiger partial charge in [0.1, 0.15) is 0 Å². The van der Waals surface area contributed by atoms with E-state index in [0.29, 0.717) is 29.0 Å². The van der Waals surface area contributed by atoms with Gasteiger partial charge in [0.2, 0.25) is 17.6 Å². The Balaban J connectivity index is 1.49. The van der Waals surface area contributed by atoms with E-state index in [1.165, 1.54) is 21.3 Å². The molecule has 0 bridgehead atoms. The third-order valence-corrected chi connectivity index (χ3v) is 5.57. The van der Waals surface area contributed by atoms with Crippen LogP contribution in [0.2, 0.25) is 0 Å². The minimum absolute atomic E-state index is 0.103. The Bertz CT molecular complexity index is 735. The molecule has 1 aromatic carbocycles. The van der Waals surface area contributed by atoms with Crippen LogP contribution in [0, 0.1) is 0 Å². The van der Waals surface area contributed by atoms with Crippen molar-refractivity contribution in [3.8, 4) is 17.2 Å². The first-order chi connectivity index (χ1) is 14.4. The van der Waals surface area contributed by atoms with Crippen LogP contribution in [0.4, 0.5) is 5.69 Å². The molecule has 2 fully saturated rings. The first kappa shape index (κ1) is 22.2. The van der Waals surface area contributed by atoms with E-state index in [0.717, 1.165) is 39.0 Å². The number of nitrogens with zero attached hydrogens (tertiary/aromatic N) is 2. The molecule has 3 rings (SSSR count).